The smallest absolute Gasteiger partial charge is 0.342 e. The van der Waals surface area contributed by atoms with Gasteiger partial charge in [0.2, 0.25) is 5.91 Å². The van der Waals surface area contributed by atoms with E-state index >= 15 is 0 Å². The minimum atomic E-state index is -0.689. The van der Waals surface area contributed by atoms with Gasteiger partial charge in [-0.05, 0) is 19.1 Å². The highest BCUT2D eigenvalue weighted by Crippen LogP contribution is 2.15. The molecule has 1 aromatic heterocycles. The number of ether oxygens (including phenoxy) is 1. The van der Waals surface area contributed by atoms with Crippen LogP contribution in [0.15, 0.2) is 39.0 Å². The molecule has 0 saturated heterocycles. The third kappa shape index (κ3) is 4.90. The first-order chi connectivity index (χ1) is 11.6. The van der Waals surface area contributed by atoms with Gasteiger partial charge in [0.1, 0.15) is 11.4 Å². The minimum Gasteiger partial charge on any atom is -0.493 e. The molecular weight excluding hydrogens is 314 g/mol. The van der Waals surface area contributed by atoms with Gasteiger partial charge in [0.15, 0.2) is 0 Å². The SMILES string of the molecule is CCOc1ccccc1/C=N\NC(=O)CCc1n[nH]c(=O)[nH]c1=O. The van der Waals surface area contributed by atoms with E-state index in [0.717, 1.165) is 5.56 Å². The van der Waals surface area contributed by atoms with E-state index in [1.54, 1.807) is 6.07 Å². The van der Waals surface area contributed by atoms with Crippen LogP contribution < -0.4 is 21.4 Å². The molecule has 0 unspecified atom stereocenters. The van der Waals surface area contributed by atoms with E-state index in [-0.39, 0.29) is 24.4 Å². The van der Waals surface area contributed by atoms with Crippen molar-refractivity contribution in [1.29, 1.82) is 0 Å². The Morgan fingerprint density at radius 2 is 2.17 bits per heavy atom. The van der Waals surface area contributed by atoms with Crippen molar-refractivity contribution < 1.29 is 9.53 Å². The molecule has 0 atom stereocenters. The quantitative estimate of drug-likeness (QED) is 0.483. The number of hydrogen-bond donors (Lipinski definition) is 3. The second-order valence-electron chi connectivity index (χ2n) is 4.72. The first-order valence-electron chi connectivity index (χ1n) is 7.31. The van der Waals surface area contributed by atoms with Gasteiger partial charge in [-0.3, -0.25) is 14.6 Å². The fourth-order valence-corrected chi connectivity index (χ4v) is 1.88. The van der Waals surface area contributed by atoms with Crippen molar-refractivity contribution in [2.45, 2.75) is 19.8 Å². The molecule has 0 saturated carbocycles. The van der Waals surface area contributed by atoms with Gasteiger partial charge < -0.3 is 4.74 Å². The summed E-state index contributed by atoms with van der Waals surface area (Å²) in [4.78, 5) is 36.1. The van der Waals surface area contributed by atoms with Crippen molar-refractivity contribution in [3.8, 4) is 5.75 Å². The lowest BCUT2D eigenvalue weighted by atomic mass is 10.2. The summed E-state index contributed by atoms with van der Waals surface area (Å²) in [6.45, 7) is 2.40. The van der Waals surface area contributed by atoms with Crippen molar-refractivity contribution in [1.82, 2.24) is 20.6 Å². The third-order valence-electron chi connectivity index (χ3n) is 2.98. The molecule has 0 aliphatic heterocycles. The molecule has 3 N–H and O–H groups in total. The lowest BCUT2D eigenvalue weighted by Crippen LogP contribution is -2.28. The van der Waals surface area contributed by atoms with Crippen molar-refractivity contribution in [3.63, 3.8) is 0 Å². The van der Waals surface area contributed by atoms with E-state index in [1.807, 2.05) is 30.1 Å². The molecule has 0 aliphatic carbocycles. The second-order valence-corrected chi connectivity index (χ2v) is 4.72. The van der Waals surface area contributed by atoms with E-state index in [0.29, 0.717) is 12.4 Å². The zero-order valence-electron chi connectivity index (χ0n) is 13.0. The molecule has 0 radical (unpaired) electrons. The molecule has 9 heteroatoms. The zero-order valence-corrected chi connectivity index (χ0v) is 13.0. The maximum atomic E-state index is 11.7. The number of carbonyl (C=O) groups is 1. The number of benzene rings is 1. The number of aromatic nitrogens is 3. The van der Waals surface area contributed by atoms with Gasteiger partial charge in [-0.15, -0.1) is 0 Å². The number of hydrogen-bond acceptors (Lipinski definition) is 6. The average Bonchev–Trinajstić information content (AvgIpc) is 2.56. The molecule has 2 aromatic rings. The van der Waals surface area contributed by atoms with Crippen LogP contribution in [0.1, 0.15) is 24.6 Å². The molecule has 2 rings (SSSR count). The summed E-state index contributed by atoms with van der Waals surface area (Å²) in [7, 11) is 0. The number of para-hydroxylation sites is 1. The number of nitrogens with zero attached hydrogens (tertiary/aromatic N) is 2. The fraction of sp³-hybridized carbons (Fsp3) is 0.267. The molecule has 1 amide bonds. The average molecular weight is 331 g/mol. The number of aromatic amines is 2. The molecule has 24 heavy (non-hydrogen) atoms. The van der Waals surface area contributed by atoms with Crippen LogP contribution in [0.4, 0.5) is 0 Å². The largest absolute Gasteiger partial charge is 0.493 e. The lowest BCUT2D eigenvalue weighted by Gasteiger charge is -2.05. The molecule has 0 bridgehead atoms. The predicted molar refractivity (Wildman–Crippen MR) is 87.1 cm³/mol. The topological polar surface area (TPSA) is 129 Å². The maximum Gasteiger partial charge on any atom is 0.342 e. The molecule has 1 aromatic carbocycles. The number of aryl methyl sites for hydroxylation is 1. The van der Waals surface area contributed by atoms with Gasteiger partial charge in [0.25, 0.3) is 5.56 Å². The molecular formula is C15H17N5O4. The summed E-state index contributed by atoms with van der Waals surface area (Å²) in [5, 5.41) is 9.57. The van der Waals surface area contributed by atoms with E-state index < -0.39 is 11.2 Å². The minimum absolute atomic E-state index is 0.00652. The molecule has 1 heterocycles. The van der Waals surface area contributed by atoms with Gasteiger partial charge in [-0.1, -0.05) is 12.1 Å². The van der Waals surface area contributed by atoms with Crippen molar-refractivity contribution >= 4 is 12.1 Å². The van der Waals surface area contributed by atoms with Crippen molar-refractivity contribution in [2.75, 3.05) is 6.61 Å². The summed E-state index contributed by atoms with van der Waals surface area (Å²) < 4.78 is 5.44. The zero-order chi connectivity index (χ0) is 17.4. The standard InChI is InChI=1S/C15H17N5O4/c1-2-24-12-6-4-3-5-10(12)9-16-19-13(21)8-7-11-14(22)17-15(23)20-18-11/h3-6,9H,2,7-8H2,1H3,(H,19,21)(H2,17,20,22,23)/b16-9-. The van der Waals surface area contributed by atoms with Gasteiger partial charge in [0, 0.05) is 18.4 Å². The van der Waals surface area contributed by atoms with E-state index in [2.05, 4.69) is 20.7 Å². The van der Waals surface area contributed by atoms with Crippen LogP contribution >= 0.6 is 0 Å². The highest BCUT2D eigenvalue weighted by atomic mass is 16.5. The number of nitrogens with one attached hydrogen (secondary N) is 3. The van der Waals surface area contributed by atoms with Crippen molar-refractivity contribution in [3.05, 3.63) is 56.4 Å². The maximum absolute atomic E-state index is 11.7. The number of carbonyl (C=O) groups excluding carboxylic acids is 1. The van der Waals surface area contributed by atoms with Crippen LogP contribution in [0, 0.1) is 0 Å². The summed E-state index contributed by atoms with van der Waals surface area (Å²) >= 11 is 0. The van der Waals surface area contributed by atoms with Crippen LogP contribution in [0.25, 0.3) is 0 Å². The number of H-pyrrole nitrogens is 2. The highest BCUT2D eigenvalue weighted by Gasteiger charge is 2.06. The van der Waals surface area contributed by atoms with Crippen LogP contribution in [-0.4, -0.2) is 33.9 Å². The first-order valence-corrected chi connectivity index (χ1v) is 7.31. The predicted octanol–water partition coefficient (Wildman–Crippen LogP) is -0.0602. The Morgan fingerprint density at radius 3 is 2.92 bits per heavy atom. The Kier molecular flexibility index (Phi) is 6.01. The van der Waals surface area contributed by atoms with Gasteiger partial charge in [-0.25, -0.2) is 15.3 Å². The van der Waals surface area contributed by atoms with Crippen molar-refractivity contribution in [2.24, 2.45) is 5.10 Å². The highest BCUT2D eigenvalue weighted by molar-refractivity contribution is 5.85. The summed E-state index contributed by atoms with van der Waals surface area (Å²) in [6.07, 6.45) is 1.57. The van der Waals surface area contributed by atoms with Gasteiger partial charge in [0.05, 0.1) is 12.8 Å². The van der Waals surface area contributed by atoms with Gasteiger partial charge in [-0.2, -0.15) is 10.2 Å². The normalized spacial score (nSPS) is 10.7. The van der Waals surface area contributed by atoms with E-state index in [9.17, 15) is 14.4 Å². The number of rotatable bonds is 7. The molecule has 0 spiro atoms. The van der Waals surface area contributed by atoms with Crippen LogP contribution in [0.5, 0.6) is 5.75 Å². The summed E-state index contributed by atoms with van der Waals surface area (Å²) in [5.74, 6) is 0.287. The Hall–Kier alpha value is -3.23. The molecule has 0 aliphatic rings. The fourth-order valence-electron chi connectivity index (χ4n) is 1.88. The Morgan fingerprint density at radius 1 is 1.38 bits per heavy atom. The lowest BCUT2D eigenvalue weighted by molar-refractivity contribution is -0.121. The Labute approximate surface area is 136 Å². The molecule has 126 valence electrons. The van der Waals surface area contributed by atoms with Crippen LogP contribution in [0.3, 0.4) is 0 Å². The number of hydrazone groups is 1. The monoisotopic (exact) mass is 331 g/mol. The van der Waals surface area contributed by atoms with Crippen LogP contribution in [-0.2, 0) is 11.2 Å². The second kappa shape index (κ2) is 8.42. The molecule has 0 fully saturated rings. The Bertz CT molecular complexity index is 840. The summed E-state index contributed by atoms with van der Waals surface area (Å²) in [6, 6.07) is 7.29. The van der Waals surface area contributed by atoms with E-state index in [4.69, 9.17) is 4.74 Å². The molecule has 9 nitrogen and oxygen atoms in total. The summed E-state index contributed by atoms with van der Waals surface area (Å²) in [5.41, 5.74) is 1.88. The third-order valence-corrected chi connectivity index (χ3v) is 2.98. The number of amides is 1. The first kappa shape index (κ1) is 17.1. The van der Waals surface area contributed by atoms with E-state index in [1.165, 1.54) is 6.21 Å². The van der Waals surface area contributed by atoms with Gasteiger partial charge >= 0.3 is 5.69 Å². The Balaban J connectivity index is 1.89. The van der Waals surface area contributed by atoms with Crippen LogP contribution in [0.2, 0.25) is 0 Å².